The topological polar surface area (TPSA) is 56.1 Å². The summed E-state index contributed by atoms with van der Waals surface area (Å²) in [5, 5.41) is 11.7. The first-order valence-electron chi connectivity index (χ1n) is 7.53. The van der Waals surface area contributed by atoms with Gasteiger partial charge in [-0.25, -0.2) is 0 Å². The maximum atomic E-state index is 12.9. The average molecular weight is 360 g/mol. The van der Waals surface area contributed by atoms with Crippen LogP contribution in [0.4, 0.5) is 18.9 Å². The summed E-state index contributed by atoms with van der Waals surface area (Å²) in [4.78, 5) is 13.8. The second-order valence-corrected chi connectivity index (χ2v) is 6.25. The second kappa shape index (κ2) is 7.41. The molecule has 1 aliphatic heterocycles. The van der Waals surface area contributed by atoms with Crippen LogP contribution in [0, 0.1) is 17.2 Å². The minimum Gasteiger partial charge on any atom is -0.325 e. The molecule has 1 amide bonds. The SMILES string of the molecule is CC(C(=O)Nc1ccc(C#N)c(Cl)c1)N1CCCC(C(F)(F)F)C1. The molecule has 4 nitrogen and oxygen atoms in total. The predicted molar refractivity (Wildman–Crippen MR) is 84.6 cm³/mol. The number of carbonyl (C=O) groups excluding carboxylic acids is 1. The van der Waals surface area contributed by atoms with Gasteiger partial charge in [-0.1, -0.05) is 11.6 Å². The number of rotatable bonds is 3. The van der Waals surface area contributed by atoms with Gasteiger partial charge < -0.3 is 5.32 Å². The van der Waals surface area contributed by atoms with Crippen molar-refractivity contribution in [1.29, 1.82) is 5.26 Å². The quantitative estimate of drug-likeness (QED) is 0.892. The van der Waals surface area contributed by atoms with Gasteiger partial charge >= 0.3 is 6.18 Å². The highest BCUT2D eigenvalue weighted by Crippen LogP contribution is 2.33. The van der Waals surface area contributed by atoms with Gasteiger partial charge in [0.05, 0.1) is 22.5 Å². The number of anilines is 1. The monoisotopic (exact) mass is 359 g/mol. The van der Waals surface area contributed by atoms with Crippen LogP contribution in [-0.2, 0) is 4.79 Å². The van der Waals surface area contributed by atoms with Gasteiger partial charge in [0.25, 0.3) is 0 Å². The summed E-state index contributed by atoms with van der Waals surface area (Å²) in [6.07, 6.45) is -3.74. The number of halogens is 4. The van der Waals surface area contributed by atoms with E-state index >= 15 is 0 Å². The number of amides is 1. The smallest absolute Gasteiger partial charge is 0.325 e. The number of hydrogen-bond donors (Lipinski definition) is 1. The van der Waals surface area contributed by atoms with Crippen LogP contribution in [0.5, 0.6) is 0 Å². The van der Waals surface area contributed by atoms with Gasteiger partial charge in [-0.2, -0.15) is 18.4 Å². The highest BCUT2D eigenvalue weighted by Gasteiger charge is 2.43. The highest BCUT2D eigenvalue weighted by atomic mass is 35.5. The fourth-order valence-electron chi connectivity index (χ4n) is 2.72. The Balaban J connectivity index is 2.01. The van der Waals surface area contributed by atoms with Crippen molar-refractivity contribution in [3.63, 3.8) is 0 Å². The zero-order valence-electron chi connectivity index (χ0n) is 13.0. The maximum absolute atomic E-state index is 12.9. The molecular formula is C16H17ClF3N3O. The highest BCUT2D eigenvalue weighted by molar-refractivity contribution is 6.32. The first-order chi connectivity index (χ1) is 11.2. The zero-order chi connectivity index (χ0) is 17.9. The van der Waals surface area contributed by atoms with Crippen LogP contribution in [0.1, 0.15) is 25.3 Å². The molecule has 1 fully saturated rings. The lowest BCUT2D eigenvalue weighted by atomic mass is 9.96. The van der Waals surface area contributed by atoms with E-state index in [9.17, 15) is 18.0 Å². The Morgan fingerprint density at radius 1 is 1.50 bits per heavy atom. The Morgan fingerprint density at radius 3 is 2.79 bits per heavy atom. The van der Waals surface area contributed by atoms with Crippen molar-refractivity contribution in [2.24, 2.45) is 5.92 Å². The maximum Gasteiger partial charge on any atom is 0.393 e. The molecule has 24 heavy (non-hydrogen) atoms. The van der Waals surface area contributed by atoms with Crippen LogP contribution in [0.15, 0.2) is 18.2 Å². The predicted octanol–water partition coefficient (Wildman–Crippen LogP) is 3.81. The Labute approximate surface area is 143 Å². The standard InChI is InChI=1S/C16H17ClF3N3O/c1-10(23-6-2-3-12(9-23)16(18,19)20)15(24)22-13-5-4-11(8-21)14(17)7-13/h4-5,7,10,12H,2-3,6,9H2,1H3,(H,22,24). The molecule has 0 radical (unpaired) electrons. The van der Waals surface area contributed by atoms with Crippen molar-refractivity contribution < 1.29 is 18.0 Å². The number of likely N-dealkylation sites (tertiary alicyclic amines) is 1. The molecule has 1 aromatic carbocycles. The Kier molecular flexibility index (Phi) is 5.73. The molecule has 1 heterocycles. The average Bonchev–Trinajstić information content (AvgIpc) is 2.53. The first-order valence-corrected chi connectivity index (χ1v) is 7.91. The number of hydrogen-bond acceptors (Lipinski definition) is 3. The molecule has 0 aliphatic carbocycles. The lowest BCUT2D eigenvalue weighted by Crippen LogP contribution is -2.49. The normalized spacial score (nSPS) is 20.2. The minimum absolute atomic E-state index is 0.0968. The minimum atomic E-state index is -4.24. The number of nitrogens with one attached hydrogen (secondary N) is 1. The van der Waals surface area contributed by atoms with Crippen molar-refractivity contribution in [2.75, 3.05) is 18.4 Å². The van der Waals surface area contributed by atoms with E-state index in [1.54, 1.807) is 11.8 Å². The van der Waals surface area contributed by atoms with E-state index in [0.717, 1.165) is 0 Å². The van der Waals surface area contributed by atoms with Gasteiger partial charge in [0.1, 0.15) is 6.07 Å². The van der Waals surface area contributed by atoms with E-state index in [4.69, 9.17) is 16.9 Å². The molecule has 1 aromatic rings. The summed E-state index contributed by atoms with van der Waals surface area (Å²) in [5.41, 5.74) is 0.687. The summed E-state index contributed by atoms with van der Waals surface area (Å²) in [6.45, 7) is 1.86. The number of nitrogens with zero attached hydrogens (tertiary/aromatic N) is 2. The summed E-state index contributed by atoms with van der Waals surface area (Å²) in [7, 11) is 0. The molecule has 8 heteroatoms. The molecule has 0 saturated carbocycles. The fourth-order valence-corrected chi connectivity index (χ4v) is 2.94. The summed E-state index contributed by atoms with van der Waals surface area (Å²) in [6, 6.07) is 5.67. The molecule has 0 spiro atoms. The van der Waals surface area contributed by atoms with Gasteiger partial charge in [-0.05, 0) is 44.5 Å². The molecule has 1 saturated heterocycles. The molecule has 2 rings (SSSR count). The lowest BCUT2D eigenvalue weighted by molar-refractivity contribution is -0.188. The van der Waals surface area contributed by atoms with Crippen LogP contribution in [0.25, 0.3) is 0 Å². The van der Waals surface area contributed by atoms with Gasteiger partial charge in [0, 0.05) is 12.2 Å². The van der Waals surface area contributed by atoms with E-state index in [0.29, 0.717) is 18.7 Å². The Hall–Kier alpha value is -1.78. The van der Waals surface area contributed by atoms with E-state index in [1.165, 1.54) is 18.2 Å². The van der Waals surface area contributed by atoms with E-state index in [-0.39, 0.29) is 23.6 Å². The third-order valence-electron chi connectivity index (χ3n) is 4.20. The van der Waals surface area contributed by atoms with Crippen molar-refractivity contribution in [3.05, 3.63) is 28.8 Å². The summed E-state index contributed by atoms with van der Waals surface area (Å²) in [5.74, 6) is -1.80. The van der Waals surface area contributed by atoms with Crippen molar-refractivity contribution >= 4 is 23.2 Å². The Bertz CT molecular complexity index is 657. The van der Waals surface area contributed by atoms with Crippen LogP contribution >= 0.6 is 11.6 Å². The van der Waals surface area contributed by atoms with Crippen molar-refractivity contribution in [2.45, 2.75) is 32.0 Å². The Morgan fingerprint density at radius 2 is 2.21 bits per heavy atom. The molecule has 130 valence electrons. The number of benzene rings is 1. The largest absolute Gasteiger partial charge is 0.393 e. The summed E-state index contributed by atoms with van der Waals surface area (Å²) < 4.78 is 38.6. The third kappa shape index (κ3) is 4.40. The number of carbonyl (C=O) groups is 1. The molecule has 1 aliphatic rings. The van der Waals surface area contributed by atoms with Crippen molar-refractivity contribution in [1.82, 2.24) is 4.90 Å². The number of piperidine rings is 1. The third-order valence-corrected chi connectivity index (χ3v) is 4.51. The zero-order valence-corrected chi connectivity index (χ0v) is 13.8. The van der Waals surface area contributed by atoms with E-state index in [1.807, 2.05) is 6.07 Å². The van der Waals surface area contributed by atoms with Crippen LogP contribution in [0.2, 0.25) is 5.02 Å². The van der Waals surface area contributed by atoms with Gasteiger partial charge in [0.2, 0.25) is 5.91 Å². The second-order valence-electron chi connectivity index (χ2n) is 5.85. The van der Waals surface area contributed by atoms with Gasteiger partial charge in [-0.15, -0.1) is 0 Å². The van der Waals surface area contributed by atoms with Gasteiger partial charge in [-0.3, -0.25) is 9.69 Å². The van der Waals surface area contributed by atoms with E-state index < -0.39 is 24.0 Å². The van der Waals surface area contributed by atoms with Gasteiger partial charge in [0.15, 0.2) is 0 Å². The molecule has 2 atom stereocenters. The first kappa shape index (κ1) is 18.6. The molecule has 0 aromatic heterocycles. The van der Waals surface area contributed by atoms with Crippen LogP contribution in [0.3, 0.4) is 0 Å². The summed E-state index contributed by atoms with van der Waals surface area (Å²) >= 11 is 5.90. The molecule has 1 N–H and O–H groups in total. The molecule has 2 unspecified atom stereocenters. The van der Waals surface area contributed by atoms with E-state index in [2.05, 4.69) is 5.32 Å². The van der Waals surface area contributed by atoms with Crippen LogP contribution in [-0.4, -0.2) is 36.1 Å². The molecular weight excluding hydrogens is 343 g/mol. The molecule has 0 bridgehead atoms. The number of nitriles is 1. The fraction of sp³-hybridized carbons (Fsp3) is 0.500. The lowest BCUT2D eigenvalue weighted by Gasteiger charge is -2.36. The van der Waals surface area contributed by atoms with Crippen LogP contribution < -0.4 is 5.32 Å². The number of alkyl halides is 3. The van der Waals surface area contributed by atoms with Crippen molar-refractivity contribution in [3.8, 4) is 6.07 Å².